The van der Waals surface area contributed by atoms with Gasteiger partial charge in [0.25, 0.3) is 0 Å². The summed E-state index contributed by atoms with van der Waals surface area (Å²) < 4.78 is 27.5. The van der Waals surface area contributed by atoms with Gasteiger partial charge < -0.3 is 33.3 Å². The van der Waals surface area contributed by atoms with Gasteiger partial charge in [-0.15, -0.1) is 0 Å². The highest BCUT2D eigenvalue weighted by Gasteiger charge is 2.35. The van der Waals surface area contributed by atoms with E-state index in [-0.39, 0.29) is 13.2 Å². The lowest BCUT2D eigenvalue weighted by atomic mass is 9.98. The lowest BCUT2D eigenvalue weighted by Gasteiger charge is -2.34. The quantitative estimate of drug-likeness (QED) is 0.106. The first-order valence-corrected chi connectivity index (χ1v) is 14.0. The Hall–Kier alpha value is -1.88. The molecule has 0 bridgehead atoms. The average Bonchev–Trinajstić information content (AvgIpc) is 2.89. The first kappa shape index (κ1) is 46.0. The van der Waals surface area contributed by atoms with Gasteiger partial charge in [0, 0.05) is 33.4 Å². The molecule has 0 aliphatic heterocycles. The van der Waals surface area contributed by atoms with Crippen molar-refractivity contribution in [3.63, 3.8) is 0 Å². The highest BCUT2D eigenvalue weighted by molar-refractivity contribution is 9.09. The van der Waals surface area contributed by atoms with Crippen LogP contribution in [0.25, 0.3) is 0 Å². The summed E-state index contributed by atoms with van der Waals surface area (Å²) >= 11 is 3.37. The molecule has 0 aromatic carbocycles. The number of rotatable bonds is 14. The van der Waals surface area contributed by atoms with Crippen LogP contribution in [0, 0.1) is 0 Å². The van der Waals surface area contributed by atoms with Gasteiger partial charge in [-0.3, -0.25) is 9.59 Å². The van der Waals surface area contributed by atoms with Crippen LogP contribution in [0.2, 0.25) is 0 Å². The third kappa shape index (κ3) is 30.3. The standard InChI is InChI=1S/C20H33BrO7.2C2H4O.2C2H6/c1-7-9-17(10-8-11-21)20(19(14(2)25-6)27-16(4)23)28-18(12-24-5)13-26-15(3)22;2*1-2-3;2*1-2/h8-10,14,18-20H,7,11-13H2,1-6H3;2*2H,1H3;2*1-2H3/b10-8-,17-9+;;;;. The number of ether oxygens (including phenoxy) is 5. The molecule has 0 rings (SSSR count). The van der Waals surface area contributed by atoms with Gasteiger partial charge in [-0.1, -0.05) is 68.8 Å². The van der Waals surface area contributed by atoms with Crippen LogP contribution in [-0.4, -0.2) is 81.7 Å². The molecule has 9 nitrogen and oxygen atoms in total. The Morgan fingerprint density at radius 1 is 0.921 bits per heavy atom. The zero-order valence-electron chi connectivity index (χ0n) is 25.6. The highest BCUT2D eigenvalue weighted by Crippen LogP contribution is 2.23. The van der Waals surface area contributed by atoms with Crippen molar-refractivity contribution in [1.29, 1.82) is 0 Å². The van der Waals surface area contributed by atoms with Crippen LogP contribution in [0.4, 0.5) is 0 Å². The number of halogens is 1. The molecule has 10 heteroatoms. The van der Waals surface area contributed by atoms with Crippen LogP contribution < -0.4 is 0 Å². The third-order valence-corrected chi connectivity index (χ3v) is 4.14. The maximum Gasteiger partial charge on any atom is 0.303 e. The van der Waals surface area contributed by atoms with Crippen LogP contribution in [0.1, 0.15) is 75.7 Å². The summed E-state index contributed by atoms with van der Waals surface area (Å²) in [5.41, 5.74) is 0.834. The Morgan fingerprint density at radius 3 is 1.76 bits per heavy atom. The summed E-state index contributed by atoms with van der Waals surface area (Å²) in [6.45, 7) is 17.6. The molecule has 4 unspecified atom stereocenters. The molecular formula is C28H53BrO9. The van der Waals surface area contributed by atoms with Crippen molar-refractivity contribution in [1.82, 2.24) is 0 Å². The molecule has 0 aromatic rings. The maximum atomic E-state index is 11.7. The molecule has 0 amide bonds. The van der Waals surface area contributed by atoms with Gasteiger partial charge in [-0.25, -0.2) is 0 Å². The number of alkyl halides is 1. The van der Waals surface area contributed by atoms with Crippen LogP contribution in [0.3, 0.4) is 0 Å². The Bertz CT molecular complexity index is 601. The summed E-state index contributed by atoms with van der Waals surface area (Å²) in [4.78, 5) is 40.6. The Morgan fingerprint density at radius 2 is 1.42 bits per heavy atom. The largest absolute Gasteiger partial charge is 0.463 e. The van der Waals surface area contributed by atoms with Crippen molar-refractivity contribution in [3.8, 4) is 0 Å². The zero-order valence-corrected chi connectivity index (χ0v) is 27.2. The number of esters is 2. The van der Waals surface area contributed by atoms with E-state index in [2.05, 4.69) is 15.9 Å². The number of methoxy groups -OCH3 is 2. The topological polar surface area (TPSA) is 114 Å². The van der Waals surface area contributed by atoms with E-state index in [1.54, 1.807) is 14.0 Å². The molecule has 0 aliphatic rings. The summed E-state index contributed by atoms with van der Waals surface area (Å²) in [5.74, 6) is -0.849. The molecule has 0 saturated heterocycles. The summed E-state index contributed by atoms with van der Waals surface area (Å²) in [7, 11) is 3.08. The molecule has 0 radical (unpaired) electrons. The third-order valence-electron chi connectivity index (χ3n) is 3.77. The Kier molecular flexibility index (Phi) is 45.1. The normalized spacial score (nSPS) is 13.1. The fourth-order valence-electron chi connectivity index (χ4n) is 2.50. The SMILES string of the molecule is CC.CC.CC/C=C(\C=C/CBr)C(OC(COC)COC(C)=O)C(OC(C)=O)C(C)OC.CC=O.CC=O. The van der Waals surface area contributed by atoms with E-state index < -0.39 is 36.4 Å². The van der Waals surface area contributed by atoms with Crippen molar-refractivity contribution in [2.45, 2.75) is 100 Å². The second-order valence-electron chi connectivity index (χ2n) is 6.59. The number of hydrogen-bond donors (Lipinski definition) is 0. The van der Waals surface area contributed by atoms with E-state index in [4.69, 9.17) is 33.3 Å². The molecule has 0 heterocycles. The van der Waals surface area contributed by atoms with Gasteiger partial charge in [0.2, 0.25) is 0 Å². The van der Waals surface area contributed by atoms with Crippen molar-refractivity contribution in [2.75, 3.05) is 32.8 Å². The van der Waals surface area contributed by atoms with Gasteiger partial charge in [0.05, 0.1) is 12.7 Å². The van der Waals surface area contributed by atoms with Gasteiger partial charge in [0.15, 0.2) is 6.10 Å². The average molecular weight is 614 g/mol. The molecule has 0 aliphatic carbocycles. The van der Waals surface area contributed by atoms with Crippen molar-refractivity contribution in [3.05, 3.63) is 23.8 Å². The molecule has 0 aromatic heterocycles. The van der Waals surface area contributed by atoms with Crippen LogP contribution >= 0.6 is 15.9 Å². The maximum absolute atomic E-state index is 11.7. The van der Waals surface area contributed by atoms with Crippen LogP contribution in [0.5, 0.6) is 0 Å². The van der Waals surface area contributed by atoms with E-state index in [0.717, 1.165) is 24.6 Å². The van der Waals surface area contributed by atoms with E-state index in [0.29, 0.717) is 5.33 Å². The number of aldehydes is 2. The zero-order chi connectivity index (χ0) is 30.9. The Balaban J connectivity index is -0.000000316. The molecule has 0 fully saturated rings. The predicted octanol–water partition coefficient (Wildman–Crippen LogP) is 5.67. The summed E-state index contributed by atoms with van der Waals surface area (Å²) in [6, 6.07) is 0. The number of allylic oxidation sites excluding steroid dienone is 2. The van der Waals surface area contributed by atoms with Gasteiger partial charge in [-0.05, 0) is 32.8 Å². The monoisotopic (exact) mass is 612 g/mol. The van der Waals surface area contributed by atoms with Gasteiger partial charge >= 0.3 is 11.9 Å². The van der Waals surface area contributed by atoms with Crippen molar-refractivity contribution < 1.29 is 42.9 Å². The van der Waals surface area contributed by atoms with Crippen molar-refractivity contribution in [2.24, 2.45) is 0 Å². The smallest absolute Gasteiger partial charge is 0.303 e. The van der Waals surface area contributed by atoms with E-state index in [1.807, 2.05) is 52.8 Å². The van der Waals surface area contributed by atoms with E-state index in [1.165, 1.54) is 34.8 Å². The fourth-order valence-corrected chi connectivity index (χ4v) is 2.69. The fraction of sp³-hybridized carbons (Fsp3) is 0.714. The van der Waals surface area contributed by atoms with Crippen LogP contribution in [-0.2, 0) is 42.9 Å². The second-order valence-corrected chi connectivity index (χ2v) is 7.24. The number of carbonyl (C=O) groups excluding carboxylic acids is 4. The molecule has 4 atom stereocenters. The molecule has 0 saturated carbocycles. The minimum absolute atomic E-state index is 0.0232. The minimum Gasteiger partial charge on any atom is -0.463 e. The minimum atomic E-state index is -0.697. The van der Waals surface area contributed by atoms with Crippen LogP contribution in [0.15, 0.2) is 23.8 Å². The number of carbonyl (C=O) groups is 4. The summed E-state index contributed by atoms with van der Waals surface area (Å²) in [5, 5.41) is 0.661. The van der Waals surface area contributed by atoms with Crippen molar-refractivity contribution >= 4 is 40.4 Å². The first-order chi connectivity index (χ1) is 18.1. The first-order valence-electron chi connectivity index (χ1n) is 12.8. The lowest BCUT2D eigenvalue weighted by Crippen LogP contribution is -2.46. The van der Waals surface area contributed by atoms with E-state index in [9.17, 15) is 9.59 Å². The highest BCUT2D eigenvalue weighted by atomic mass is 79.9. The van der Waals surface area contributed by atoms with Gasteiger partial charge in [-0.2, -0.15) is 0 Å². The molecule has 0 spiro atoms. The predicted molar refractivity (Wildman–Crippen MR) is 157 cm³/mol. The molecular weight excluding hydrogens is 560 g/mol. The Labute approximate surface area is 239 Å². The molecule has 226 valence electrons. The lowest BCUT2D eigenvalue weighted by molar-refractivity contribution is -0.174. The number of hydrogen-bond acceptors (Lipinski definition) is 9. The molecule has 38 heavy (non-hydrogen) atoms. The molecule has 0 N–H and O–H groups in total. The van der Waals surface area contributed by atoms with Gasteiger partial charge in [0.1, 0.15) is 31.4 Å². The second kappa shape index (κ2) is 37.3. The van der Waals surface area contributed by atoms with E-state index >= 15 is 0 Å². The summed E-state index contributed by atoms with van der Waals surface area (Å²) in [6.07, 6.45) is 5.80.